The Morgan fingerprint density at radius 1 is 0.469 bits per heavy atom. The van der Waals surface area contributed by atoms with E-state index in [1.165, 1.54) is 141 Å². The van der Waals surface area contributed by atoms with E-state index in [-0.39, 0.29) is 0 Å². The molecular weight excluding hydrogens is 417 g/mol. The van der Waals surface area contributed by atoms with Gasteiger partial charge in [-0.05, 0) is 0 Å². The van der Waals surface area contributed by atoms with Crippen LogP contribution >= 0.6 is 0 Å². The normalized spacial score (nSPS) is 13.4. The average Bonchev–Trinajstić information content (AvgIpc) is 2.77. The highest BCUT2D eigenvalue weighted by atomic mass is 28.3. The fourth-order valence-corrected chi connectivity index (χ4v) is 8.33. The monoisotopic (exact) mass is 486 g/mol. The molecule has 0 aromatic heterocycles. The minimum atomic E-state index is -2.28. The summed E-state index contributed by atoms with van der Waals surface area (Å²) in [6, 6.07) is 3.99. The highest BCUT2D eigenvalue weighted by molar-refractivity contribution is 6.77. The van der Waals surface area contributed by atoms with Crippen LogP contribution in [-0.2, 0) is 0 Å². The molecule has 0 aliphatic rings. The largest absolute Gasteiger partial charge is 0.0748 e. The van der Waals surface area contributed by atoms with E-state index in [9.17, 15) is 0 Å². The lowest BCUT2D eigenvalue weighted by Crippen LogP contribution is -2.24. The molecule has 0 radical (unpaired) electrons. The van der Waals surface area contributed by atoms with Crippen LogP contribution in [0.3, 0.4) is 0 Å². The lowest BCUT2D eigenvalue weighted by Gasteiger charge is -2.22. The van der Waals surface area contributed by atoms with Crippen molar-refractivity contribution in [2.24, 2.45) is 0 Å². The van der Waals surface area contributed by atoms with Gasteiger partial charge in [0.15, 0.2) is 0 Å². The molecule has 0 saturated carbocycles. The minimum Gasteiger partial charge on any atom is -0.0748 e. The van der Waals surface area contributed by atoms with Gasteiger partial charge in [0.1, 0.15) is 0 Å². The number of unbranched alkanes of at least 4 members (excludes halogenated alkanes) is 21. The fraction of sp³-hybridized carbons (Fsp3) is 1.00. The van der Waals surface area contributed by atoms with Gasteiger partial charge in [-0.15, -0.1) is 0 Å². The summed E-state index contributed by atoms with van der Waals surface area (Å²) < 4.78 is 15.4. The van der Waals surface area contributed by atoms with E-state index in [0.29, 0.717) is 0 Å². The van der Waals surface area contributed by atoms with Crippen molar-refractivity contribution in [3.05, 3.63) is 0 Å². The first-order chi connectivity index (χ1) is 16.3. The van der Waals surface area contributed by atoms with Gasteiger partial charge in [-0.3, -0.25) is 0 Å². The molecule has 0 heterocycles. The third-order valence-electron chi connectivity index (χ3n) is 7.49. The second kappa shape index (κ2) is 26.0. The summed E-state index contributed by atoms with van der Waals surface area (Å²) in [6.07, 6.45) is 32.8. The molecule has 0 spiro atoms. The summed E-state index contributed by atoms with van der Waals surface area (Å²) in [5, 5.41) is 0. The lowest BCUT2D eigenvalue weighted by atomic mass is 10.1. The first kappa shape index (κ1) is 28.7. The first-order valence-electron chi connectivity index (χ1n) is 16.3. The second-order valence-corrected chi connectivity index (χ2v) is 18.1. The molecule has 0 amide bonds. The van der Waals surface area contributed by atoms with Crippen LogP contribution in [0.2, 0.25) is 37.8 Å². The molecule has 0 N–H and O–H groups in total. The Labute approximate surface area is 212 Å². The van der Waals surface area contributed by atoms with Gasteiger partial charge in [-0.25, -0.2) is 0 Å². The maximum atomic E-state index is 7.70. The van der Waals surface area contributed by atoms with Gasteiger partial charge < -0.3 is 0 Å². The molecule has 0 bridgehead atoms. The van der Waals surface area contributed by atoms with Crippen LogP contribution in [0.25, 0.3) is 0 Å². The summed E-state index contributed by atoms with van der Waals surface area (Å²) in [7, 11) is -3.22. The summed E-state index contributed by atoms with van der Waals surface area (Å²) in [5.74, 6) is 0. The van der Waals surface area contributed by atoms with Crippen molar-refractivity contribution in [1.82, 2.24) is 0 Å². The highest BCUT2D eigenvalue weighted by Gasteiger charge is 2.18. The predicted octanol–water partition coefficient (Wildman–Crippen LogP) is 11.3. The standard InChI is InChI=1S/C30H66Si2/c1-5-6-7-8-9-10-11-14-17-20-23-26-29-32(3,4)30-27-24-21-18-15-12-13-16-19-22-25-28-31-2/h5-31H2,1-4H3/i31T2. The number of hydrogen-bond acceptors (Lipinski definition) is 0. The van der Waals surface area contributed by atoms with Crippen LogP contribution in [0, 0.1) is 0 Å². The smallest absolute Gasteiger partial charge is 0.0473 e. The van der Waals surface area contributed by atoms with E-state index in [4.69, 9.17) is 2.47 Å². The Kier molecular flexibility index (Phi) is 23.3. The molecule has 0 rings (SSSR count). The Bertz CT molecular complexity index is 407. The van der Waals surface area contributed by atoms with E-state index >= 15 is 0 Å². The molecule has 0 unspecified atom stereocenters. The van der Waals surface area contributed by atoms with Crippen molar-refractivity contribution in [2.75, 3.05) is 0 Å². The van der Waals surface area contributed by atoms with Crippen LogP contribution in [-0.4, -0.2) is 19.9 Å². The third-order valence-corrected chi connectivity index (χ3v) is 11.8. The van der Waals surface area contributed by atoms with Crippen molar-refractivity contribution in [3.63, 3.8) is 0 Å². The fourth-order valence-electron chi connectivity index (χ4n) is 5.07. The van der Waals surface area contributed by atoms with Crippen LogP contribution in [0.5, 0.6) is 0 Å². The molecule has 0 atom stereocenters. The highest BCUT2D eigenvalue weighted by Crippen LogP contribution is 2.23. The van der Waals surface area contributed by atoms with Crippen LogP contribution in [0.1, 0.15) is 155 Å². The van der Waals surface area contributed by atoms with E-state index < -0.39 is 17.5 Å². The van der Waals surface area contributed by atoms with E-state index in [1.807, 2.05) is 6.55 Å². The molecule has 0 aromatic carbocycles. The zero-order valence-electron chi connectivity index (χ0n) is 25.4. The number of hydrogen-bond donors (Lipinski definition) is 0. The van der Waals surface area contributed by atoms with Crippen LogP contribution < -0.4 is 0 Å². The molecule has 0 aliphatic heterocycles. The molecule has 0 fully saturated rings. The first-order valence-corrected chi connectivity index (χ1v) is 20.4. The summed E-state index contributed by atoms with van der Waals surface area (Å²) in [4.78, 5) is 0. The minimum absolute atomic E-state index is 0.867. The van der Waals surface area contributed by atoms with E-state index in [2.05, 4.69) is 20.0 Å². The van der Waals surface area contributed by atoms with Gasteiger partial charge >= 0.3 is 0 Å². The van der Waals surface area contributed by atoms with Crippen LogP contribution in [0.15, 0.2) is 0 Å². The lowest BCUT2D eigenvalue weighted by molar-refractivity contribution is 0.547. The maximum absolute atomic E-state index is 7.70. The third kappa shape index (κ3) is 26.7. The van der Waals surface area contributed by atoms with Gasteiger partial charge in [0.2, 0.25) is 0 Å². The molecule has 0 aromatic rings. The Hall–Kier alpha value is 0.434. The summed E-state index contributed by atoms with van der Waals surface area (Å²) in [6.45, 7) is 9.43. The quantitative estimate of drug-likeness (QED) is 0.0799. The summed E-state index contributed by atoms with van der Waals surface area (Å²) >= 11 is 0. The molecule has 194 valence electrons. The second-order valence-electron chi connectivity index (χ2n) is 11.5. The van der Waals surface area contributed by atoms with Gasteiger partial charge in [-0.1, -0.05) is 192 Å². The van der Waals surface area contributed by atoms with Crippen molar-refractivity contribution in [3.8, 4) is 0 Å². The summed E-state index contributed by atoms with van der Waals surface area (Å²) in [5.41, 5.74) is 0. The zero-order chi connectivity index (χ0) is 25.4. The Morgan fingerprint density at radius 2 is 0.750 bits per heavy atom. The van der Waals surface area contributed by atoms with Crippen molar-refractivity contribution in [2.45, 2.75) is 192 Å². The Morgan fingerprint density at radius 3 is 1.06 bits per heavy atom. The Balaban J connectivity index is 3.32. The van der Waals surface area contributed by atoms with Crippen molar-refractivity contribution < 1.29 is 0 Å². The predicted molar refractivity (Wildman–Crippen MR) is 158 cm³/mol. The van der Waals surface area contributed by atoms with Crippen LogP contribution in [0.4, 0.5) is 0 Å². The molecule has 32 heavy (non-hydrogen) atoms. The van der Waals surface area contributed by atoms with Crippen molar-refractivity contribution in [1.29, 1.82) is 2.47 Å². The molecule has 0 aliphatic carbocycles. The molecule has 0 saturated heterocycles. The van der Waals surface area contributed by atoms with Gasteiger partial charge in [-0.2, -0.15) is 0 Å². The van der Waals surface area contributed by atoms with Gasteiger partial charge in [0.05, 0.1) is 0 Å². The van der Waals surface area contributed by atoms with E-state index in [1.54, 1.807) is 12.1 Å². The average molecular weight is 487 g/mol. The zero-order valence-corrected chi connectivity index (χ0v) is 25.4. The topological polar surface area (TPSA) is 0 Å². The molecule has 2 heteroatoms. The maximum Gasteiger partial charge on any atom is 0.0473 e. The SMILES string of the molecule is [3H][Si]([3H])(C)CCCCCCCCCCCCC[Si](C)(C)CCCCCCCCCCCCCC. The van der Waals surface area contributed by atoms with Gasteiger partial charge in [0, 0.05) is 19.9 Å². The number of rotatable bonds is 27. The molecule has 0 nitrogen and oxygen atoms in total. The van der Waals surface area contributed by atoms with E-state index in [0.717, 1.165) is 12.5 Å². The van der Waals surface area contributed by atoms with Gasteiger partial charge in [0.25, 0.3) is 0 Å². The molecular formula is C30H66Si2. The van der Waals surface area contributed by atoms with Crippen molar-refractivity contribution >= 4 is 17.5 Å².